The second-order valence-electron chi connectivity index (χ2n) is 4.75. The SMILES string of the molecule is CC1CCC(CNCc2cc(Br)c(Br)s2)C1. The molecule has 2 rings (SSSR count). The van der Waals surface area contributed by atoms with Crippen LogP contribution in [-0.4, -0.2) is 6.54 Å². The minimum atomic E-state index is 0.904. The molecule has 1 aliphatic rings. The van der Waals surface area contributed by atoms with E-state index in [2.05, 4.69) is 50.2 Å². The first-order chi connectivity index (χ1) is 7.65. The zero-order chi connectivity index (χ0) is 11.5. The number of halogens is 2. The minimum absolute atomic E-state index is 0.904. The average Bonchev–Trinajstić information content (AvgIpc) is 2.75. The summed E-state index contributed by atoms with van der Waals surface area (Å²) in [6.07, 6.45) is 4.24. The normalized spacial score (nSPS) is 25.2. The molecule has 0 aliphatic heterocycles. The summed E-state index contributed by atoms with van der Waals surface area (Å²) in [4.78, 5) is 1.39. The van der Waals surface area contributed by atoms with Gasteiger partial charge in [-0.3, -0.25) is 0 Å². The summed E-state index contributed by atoms with van der Waals surface area (Å²) < 4.78 is 2.36. The van der Waals surface area contributed by atoms with Gasteiger partial charge in [-0.15, -0.1) is 11.3 Å². The molecule has 0 bridgehead atoms. The maximum Gasteiger partial charge on any atom is 0.0843 e. The molecule has 4 heteroatoms. The highest BCUT2D eigenvalue weighted by Crippen LogP contribution is 2.33. The van der Waals surface area contributed by atoms with E-state index in [-0.39, 0.29) is 0 Å². The van der Waals surface area contributed by atoms with Crippen LogP contribution >= 0.6 is 43.2 Å². The van der Waals surface area contributed by atoms with Crippen LogP contribution in [0, 0.1) is 11.8 Å². The molecule has 0 saturated heterocycles. The molecule has 0 radical (unpaired) electrons. The molecular formula is C12H17Br2NS. The molecule has 1 heterocycles. The van der Waals surface area contributed by atoms with Gasteiger partial charge < -0.3 is 5.32 Å². The van der Waals surface area contributed by atoms with Gasteiger partial charge in [-0.1, -0.05) is 13.3 Å². The third-order valence-electron chi connectivity index (χ3n) is 3.23. The van der Waals surface area contributed by atoms with Crippen molar-refractivity contribution in [3.8, 4) is 0 Å². The quantitative estimate of drug-likeness (QED) is 0.806. The minimum Gasteiger partial charge on any atom is -0.312 e. The summed E-state index contributed by atoms with van der Waals surface area (Å²) in [5.41, 5.74) is 0. The van der Waals surface area contributed by atoms with Crippen LogP contribution in [0.25, 0.3) is 0 Å². The fourth-order valence-electron chi connectivity index (χ4n) is 2.39. The fraction of sp³-hybridized carbons (Fsp3) is 0.667. The van der Waals surface area contributed by atoms with Crippen molar-refractivity contribution < 1.29 is 0 Å². The van der Waals surface area contributed by atoms with Crippen LogP contribution in [0.5, 0.6) is 0 Å². The zero-order valence-electron chi connectivity index (χ0n) is 9.43. The van der Waals surface area contributed by atoms with Crippen molar-refractivity contribution in [2.75, 3.05) is 6.54 Å². The molecule has 0 aromatic carbocycles. The molecule has 0 spiro atoms. The molecule has 1 fully saturated rings. The van der Waals surface area contributed by atoms with Gasteiger partial charge in [0.05, 0.1) is 3.79 Å². The Morgan fingerprint density at radius 2 is 2.25 bits per heavy atom. The van der Waals surface area contributed by atoms with Crippen LogP contribution in [0.1, 0.15) is 31.1 Å². The molecular weight excluding hydrogens is 350 g/mol. The lowest BCUT2D eigenvalue weighted by atomic mass is 10.1. The molecule has 1 nitrogen and oxygen atoms in total. The Labute approximate surface area is 118 Å². The molecule has 1 saturated carbocycles. The molecule has 1 aromatic heterocycles. The van der Waals surface area contributed by atoms with Crippen molar-refractivity contribution in [1.82, 2.24) is 5.32 Å². The van der Waals surface area contributed by atoms with Crippen LogP contribution in [0.3, 0.4) is 0 Å². The Bertz CT molecular complexity index is 331. The summed E-state index contributed by atoms with van der Waals surface area (Å²) in [6.45, 7) is 4.55. The highest BCUT2D eigenvalue weighted by molar-refractivity contribution is 9.13. The van der Waals surface area contributed by atoms with E-state index < -0.39 is 0 Å². The first kappa shape index (κ1) is 13.1. The van der Waals surface area contributed by atoms with E-state index in [1.165, 1.54) is 38.9 Å². The standard InChI is InChI=1S/C12H17Br2NS/c1-8-2-3-9(4-8)6-15-7-10-5-11(13)12(14)16-10/h5,8-9,15H,2-4,6-7H2,1H3. The monoisotopic (exact) mass is 365 g/mol. The van der Waals surface area contributed by atoms with E-state index in [9.17, 15) is 0 Å². The predicted molar refractivity (Wildman–Crippen MR) is 77.9 cm³/mol. The van der Waals surface area contributed by atoms with Gasteiger partial charge in [0.15, 0.2) is 0 Å². The van der Waals surface area contributed by atoms with E-state index in [1.807, 2.05) is 0 Å². The first-order valence-corrected chi connectivity index (χ1v) is 8.20. The van der Waals surface area contributed by atoms with Crippen molar-refractivity contribution in [3.63, 3.8) is 0 Å². The molecule has 2 unspecified atom stereocenters. The van der Waals surface area contributed by atoms with Gasteiger partial charge in [0.2, 0.25) is 0 Å². The second-order valence-corrected chi connectivity index (χ2v) is 8.06. The lowest BCUT2D eigenvalue weighted by Gasteiger charge is -2.09. The van der Waals surface area contributed by atoms with Crippen molar-refractivity contribution in [1.29, 1.82) is 0 Å². The smallest absolute Gasteiger partial charge is 0.0843 e. The lowest BCUT2D eigenvalue weighted by Crippen LogP contribution is -2.20. The Morgan fingerprint density at radius 3 is 2.81 bits per heavy atom. The Balaban J connectivity index is 1.72. The number of hydrogen-bond acceptors (Lipinski definition) is 2. The number of thiophene rings is 1. The third kappa shape index (κ3) is 3.56. The maximum atomic E-state index is 3.57. The van der Waals surface area contributed by atoms with Crippen molar-refractivity contribution >= 4 is 43.2 Å². The van der Waals surface area contributed by atoms with Crippen LogP contribution in [0.2, 0.25) is 0 Å². The van der Waals surface area contributed by atoms with E-state index in [0.717, 1.165) is 18.4 Å². The Kier molecular flexibility index (Phi) is 4.89. The van der Waals surface area contributed by atoms with Crippen LogP contribution in [-0.2, 0) is 6.54 Å². The highest BCUT2D eigenvalue weighted by atomic mass is 79.9. The first-order valence-electron chi connectivity index (χ1n) is 5.79. The highest BCUT2D eigenvalue weighted by Gasteiger charge is 2.20. The summed E-state index contributed by atoms with van der Waals surface area (Å²) in [5.74, 6) is 1.85. The fourth-order valence-corrected chi connectivity index (χ4v) is 4.53. The van der Waals surface area contributed by atoms with Gasteiger partial charge in [-0.2, -0.15) is 0 Å². The Morgan fingerprint density at radius 1 is 1.44 bits per heavy atom. The van der Waals surface area contributed by atoms with Crippen molar-refractivity contribution in [2.24, 2.45) is 11.8 Å². The summed E-state index contributed by atoms with van der Waals surface area (Å²) in [5, 5.41) is 3.57. The van der Waals surface area contributed by atoms with Crippen LogP contribution < -0.4 is 5.32 Å². The molecule has 1 aromatic rings. The number of rotatable bonds is 4. The topological polar surface area (TPSA) is 12.0 Å². The summed E-state index contributed by atoms with van der Waals surface area (Å²) in [6, 6.07) is 2.19. The zero-order valence-corrected chi connectivity index (χ0v) is 13.4. The molecule has 2 atom stereocenters. The van der Waals surface area contributed by atoms with Gasteiger partial charge in [0.25, 0.3) is 0 Å². The molecule has 90 valence electrons. The van der Waals surface area contributed by atoms with E-state index in [1.54, 1.807) is 11.3 Å². The molecule has 1 aliphatic carbocycles. The maximum absolute atomic E-state index is 3.57. The van der Waals surface area contributed by atoms with Gasteiger partial charge in [0, 0.05) is 15.9 Å². The molecule has 1 N–H and O–H groups in total. The van der Waals surface area contributed by atoms with Gasteiger partial charge in [-0.25, -0.2) is 0 Å². The average molecular weight is 367 g/mol. The lowest BCUT2D eigenvalue weighted by molar-refractivity contribution is 0.472. The number of hydrogen-bond donors (Lipinski definition) is 1. The van der Waals surface area contributed by atoms with Gasteiger partial charge >= 0.3 is 0 Å². The van der Waals surface area contributed by atoms with Crippen molar-refractivity contribution in [3.05, 3.63) is 19.2 Å². The van der Waals surface area contributed by atoms with E-state index in [4.69, 9.17) is 0 Å². The van der Waals surface area contributed by atoms with Gasteiger partial charge in [0.1, 0.15) is 0 Å². The van der Waals surface area contributed by atoms with Gasteiger partial charge in [-0.05, 0) is 69.1 Å². The third-order valence-corrected chi connectivity index (χ3v) is 6.49. The molecule has 0 amide bonds. The Hall–Kier alpha value is 0.620. The van der Waals surface area contributed by atoms with Crippen LogP contribution in [0.15, 0.2) is 14.3 Å². The largest absolute Gasteiger partial charge is 0.312 e. The van der Waals surface area contributed by atoms with E-state index in [0.29, 0.717) is 0 Å². The molecule has 16 heavy (non-hydrogen) atoms. The predicted octanol–water partition coefficient (Wildman–Crippen LogP) is 4.80. The second kappa shape index (κ2) is 5.98. The number of nitrogens with one attached hydrogen (secondary N) is 1. The summed E-state index contributed by atoms with van der Waals surface area (Å²) >= 11 is 8.85. The van der Waals surface area contributed by atoms with Crippen molar-refractivity contribution in [2.45, 2.75) is 32.7 Å². The van der Waals surface area contributed by atoms with E-state index >= 15 is 0 Å². The van der Waals surface area contributed by atoms with Crippen LogP contribution in [0.4, 0.5) is 0 Å². The summed E-state index contributed by atoms with van der Waals surface area (Å²) in [7, 11) is 0.